The van der Waals surface area contributed by atoms with E-state index in [0.29, 0.717) is 32.2 Å². The molecule has 2 aliphatic heterocycles. The zero-order valence-electron chi connectivity index (χ0n) is 13.6. The summed E-state index contributed by atoms with van der Waals surface area (Å²) in [4.78, 5) is 15.7. The second kappa shape index (κ2) is 7.79. The number of rotatable bonds is 7. The average Bonchev–Trinajstić information content (AvgIpc) is 3.16. The maximum atomic E-state index is 11.7. The van der Waals surface area contributed by atoms with Gasteiger partial charge >= 0.3 is 0 Å². The molecule has 0 bridgehead atoms. The molecule has 126 valence electrons. The van der Waals surface area contributed by atoms with E-state index in [0.717, 1.165) is 38.1 Å². The highest BCUT2D eigenvalue weighted by Crippen LogP contribution is 2.20. The number of β-amino-alcohol motifs (C(OH)–C–C–N with tert-alkyl or cyclic N) is 1. The second-order valence-electron chi connectivity index (χ2n) is 6.51. The van der Waals surface area contributed by atoms with Crippen molar-refractivity contribution in [3.8, 4) is 5.75 Å². The third-order valence-electron chi connectivity index (χ3n) is 4.73. The Morgan fingerprint density at radius 2 is 2.00 bits per heavy atom. The van der Waals surface area contributed by atoms with Crippen molar-refractivity contribution in [1.29, 1.82) is 0 Å². The molecule has 5 heteroatoms. The number of para-hydroxylation sites is 1. The van der Waals surface area contributed by atoms with Crippen LogP contribution in [0.2, 0.25) is 0 Å². The van der Waals surface area contributed by atoms with Gasteiger partial charge in [-0.1, -0.05) is 18.2 Å². The molecule has 2 atom stereocenters. The minimum atomic E-state index is -0.477. The third kappa shape index (κ3) is 4.45. The van der Waals surface area contributed by atoms with Crippen LogP contribution in [0.3, 0.4) is 0 Å². The van der Waals surface area contributed by atoms with Gasteiger partial charge in [0, 0.05) is 32.1 Å². The number of carbonyl (C=O) groups excluding carboxylic acids is 1. The zero-order chi connectivity index (χ0) is 16.1. The largest absolute Gasteiger partial charge is 0.492 e. The van der Waals surface area contributed by atoms with Crippen molar-refractivity contribution < 1.29 is 14.6 Å². The molecule has 0 spiro atoms. The minimum absolute atomic E-state index is 0.175. The number of amides is 1. The predicted octanol–water partition coefficient (Wildman–Crippen LogP) is 1.51. The van der Waals surface area contributed by atoms with Gasteiger partial charge in [-0.15, -0.1) is 0 Å². The Morgan fingerprint density at radius 3 is 2.74 bits per heavy atom. The van der Waals surface area contributed by atoms with Crippen molar-refractivity contribution in [1.82, 2.24) is 9.80 Å². The number of benzene rings is 1. The minimum Gasteiger partial charge on any atom is -0.492 e. The molecular weight excluding hydrogens is 292 g/mol. The average molecular weight is 318 g/mol. The molecule has 5 nitrogen and oxygen atoms in total. The van der Waals surface area contributed by atoms with Gasteiger partial charge in [0.05, 0.1) is 6.10 Å². The topological polar surface area (TPSA) is 53.0 Å². The number of nitrogens with zero attached hydrogens (tertiary/aromatic N) is 2. The summed E-state index contributed by atoms with van der Waals surface area (Å²) in [6.45, 7) is 3.51. The fourth-order valence-electron chi connectivity index (χ4n) is 3.51. The van der Waals surface area contributed by atoms with Crippen LogP contribution < -0.4 is 4.74 Å². The predicted molar refractivity (Wildman–Crippen MR) is 88.4 cm³/mol. The molecule has 2 aliphatic rings. The smallest absolute Gasteiger partial charge is 0.222 e. The maximum absolute atomic E-state index is 11.7. The molecule has 0 saturated carbocycles. The fourth-order valence-corrected chi connectivity index (χ4v) is 3.51. The van der Waals surface area contributed by atoms with E-state index in [-0.39, 0.29) is 5.91 Å². The lowest BCUT2D eigenvalue weighted by Gasteiger charge is -2.28. The molecule has 2 unspecified atom stereocenters. The van der Waals surface area contributed by atoms with Crippen LogP contribution >= 0.6 is 0 Å². The highest BCUT2D eigenvalue weighted by Gasteiger charge is 2.29. The summed E-state index contributed by atoms with van der Waals surface area (Å²) in [6.07, 6.45) is 3.31. The normalized spacial score (nSPS) is 23.4. The van der Waals surface area contributed by atoms with E-state index in [1.807, 2.05) is 30.3 Å². The van der Waals surface area contributed by atoms with Crippen molar-refractivity contribution in [2.24, 2.45) is 0 Å². The quantitative estimate of drug-likeness (QED) is 0.828. The van der Waals surface area contributed by atoms with Crippen LogP contribution in [0, 0.1) is 0 Å². The lowest BCUT2D eigenvalue weighted by Crippen LogP contribution is -2.44. The first-order valence-electron chi connectivity index (χ1n) is 8.60. The SMILES string of the molecule is O=C1CCCN1CC(O)CN1CCCC1COc1ccccc1. The van der Waals surface area contributed by atoms with Crippen LogP contribution in [0.1, 0.15) is 25.7 Å². The maximum Gasteiger partial charge on any atom is 0.222 e. The van der Waals surface area contributed by atoms with Crippen LogP contribution in [0.5, 0.6) is 5.75 Å². The first-order valence-corrected chi connectivity index (χ1v) is 8.60. The van der Waals surface area contributed by atoms with Gasteiger partial charge in [-0.25, -0.2) is 0 Å². The van der Waals surface area contributed by atoms with E-state index in [1.165, 1.54) is 0 Å². The molecule has 0 radical (unpaired) electrons. The van der Waals surface area contributed by atoms with Crippen molar-refractivity contribution in [2.75, 3.05) is 32.8 Å². The van der Waals surface area contributed by atoms with Gasteiger partial charge < -0.3 is 14.7 Å². The Morgan fingerprint density at radius 1 is 1.17 bits per heavy atom. The highest BCUT2D eigenvalue weighted by molar-refractivity contribution is 5.78. The number of likely N-dealkylation sites (tertiary alicyclic amines) is 2. The molecule has 0 aliphatic carbocycles. The number of hydrogen-bond acceptors (Lipinski definition) is 4. The molecule has 1 amide bonds. The lowest BCUT2D eigenvalue weighted by atomic mass is 10.2. The van der Waals surface area contributed by atoms with E-state index < -0.39 is 6.10 Å². The number of carbonyl (C=O) groups is 1. The summed E-state index contributed by atoms with van der Waals surface area (Å²) in [5.74, 6) is 1.07. The molecule has 23 heavy (non-hydrogen) atoms. The molecule has 0 aromatic heterocycles. The Labute approximate surface area is 137 Å². The second-order valence-corrected chi connectivity index (χ2v) is 6.51. The van der Waals surface area contributed by atoms with Gasteiger partial charge in [-0.05, 0) is 37.9 Å². The summed E-state index contributed by atoms with van der Waals surface area (Å²) in [6, 6.07) is 10.2. The monoisotopic (exact) mass is 318 g/mol. The number of aliphatic hydroxyl groups is 1. The molecule has 2 heterocycles. The van der Waals surface area contributed by atoms with Gasteiger partial charge in [0.25, 0.3) is 0 Å². The van der Waals surface area contributed by atoms with Crippen LogP contribution in [-0.4, -0.2) is 65.7 Å². The van der Waals surface area contributed by atoms with E-state index in [1.54, 1.807) is 4.90 Å². The number of hydrogen-bond donors (Lipinski definition) is 1. The van der Waals surface area contributed by atoms with E-state index in [9.17, 15) is 9.90 Å². The van der Waals surface area contributed by atoms with Crippen molar-refractivity contribution in [3.05, 3.63) is 30.3 Å². The summed E-state index contributed by atoms with van der Waals surface area (Å²) in [5, 5.41) is 10.3. The van der Waals surface area contributed by atoms with Crippen molar-refractivity contribution >= 4 is 5.91 Å². The molecule has 1 aromatic rings. The third-order valence-corrected chi connectivity index (χ3v) is 4.73. The van der Waals surface area contributed by atoms with Gasteiger partial charge in [-0.2, -0.15) is 0 Å². The van der Waals surface area contributed by atoms with Crippen LogP contribution in [0.4, 0.5) is 0 Å². The standard InChI is InChI=1S/C18H26N2O3/c21-16(13-20-11-5-9-18(20)22)12-19-10-4-6-15(19)14-23-17-7-2-1-3-8-17/h1-3,7-8,15-16,21H,4-6,9-14H2. The number of aliphatic hydroxyl groups excluding tert-OH is 1. The first-order chi connectivity index (χ1) is 11.2. The van der Waals surface area contributed by atoms with E-state index in [4.69, 9.17) is 4.74 Å². The zero-order valence-corrected chi connectivity index (χ0v) is 13.6. The molecule has 2 saturated heterocycles. The Kier molecular flexibility index (Phi) is 5.51. The molecule has 2 fully saturated rings. The number of ether oxygens (including phenoxy) is 1. The lowest BCUT2D eigenvalue weighted by molar-refractivity contribution is -0.129. The van der Waals surface area contributed by atoms with Crippen LogP contribution in [0.25, 0.3) is 0 Å². The molecule has 1 aromatic carbocycles. The van der Waals surface area contributed by atoms with Crippen molar-refractivity contribution in [3.63, 3.8) is 0 Å². The van der Waals surface area contributed by atoms with Gasteiger partial charge in [0.1, 0.15) is 12.4 Å². The molecule has 3 rings (SSSR count). The Balaban J connectivity index is 1.45. The summed E-state index contributed by atoms with van der Waals surface area (Å²) in [7, 11) is 0. The summed E-state index contributed by atoms with van der Waals surface area (Å²) in [5.41, 5.74) is 0. The van der Waals surface area contributed by atoms with Crippen molar-refractivity contribution in [2.45, 2.75) is 37.8 Å². The van der Waals surface area contributed by atoms with Gasteiger partial charge in [0.2, 0.25) is 5.91 Å². The van der Waals surface area contributed by atoms with Gasteiger partial charge in [-0.3, -0.25) is 9.69 Å². The highest BCUT2D eigenvalue weighted by atomic mass is 16.5. The fraction of sp³-hybridized carbons (Fsp3) is 0.611. The van der Waals surface area contributed by atoms with E-state index >= 15 is 0 Å². The van der Waals surface area contributed by atoms with Crippen LogP contribution in [0.15, 0.2) is 30.3 Å². The summed E-state index contributed by atoms with van der Waals surface area (Å²) < 4.78 is 5.86. The van der Waals surface area contributed by atoms with Crippen LogP contribution in [-0.2, 0) is 4.79 Å². The first kappa shape index (κ1) is 16.3. The summed E-state index contributed by atoms with van der Waals surface area (Å²) >= 11 is 0. The molecule has 1 N–H and O–H groups in total. The Bertz CT molecular complexity index is 508. The van der Waals surface area contributed by atoms with Gasteiger partial charge in [0.15, 0.2) is 0 Å². The Hall–Kier alpha value is -1.59. The van der Waals surface area contributed by atoms with E-state index in [2.05, 4.69) is 4.90 Å². The molecular formula is C18H26N2O3.